The maximum Gasteiger partial charge on any atom is 0.332 e. The summed E-state index contributed by atoms with van der Waals surface area (Å²) in [6.07, 6.45) is 1.64. The van der Waals surface area contributed by atoms with Crippen molar-refractivity contribution in [2.24, 2.45) is 10.8 Å². The van der Waals surface area contributed by atoms with Crippen LogP contribution in [0, 0.1) is 0 Å². The van der Waals surface area contributed by atoms with Gasteiger partial charge in [0, 0.05) is 12.1 Å². The minimum Gasteiger partial charge on any atom is -0.350 e. The van der Waals surface area contributed by atoms with Gasteiger partial charge < -0.3 is 5.73 Å². The molecule has 4 nitrogen and oxygen atoms in total. The molecule has 0 aliphatic carbocycles. The molecule has 74 valence electrons. The molecule has 0 aliphatic heterocycles. The lowest BCUT2D eigenvalue weighted by molar-refractivity contribution is 0.249. The molecule has 1 unspecified atom stereocenters. The van der Waals surface area contributed by atoms with Gasteiger partial charge in [-0.2, -0.15) is 5.10 Å². The molecule has 0 aromatic heterocycles. The molecule has 3 N–H and O–H groups in total. The fourth-order valence-corrected chi connectivity index (χ4v) is 1.06. The van der Waals surface area contributed by atoms with Gasteiger partial charge in [0.15, 0.2) is 0 Å². The summed E-state index contributed by atoms with van der Waals surface area (Å²) >= 11 is 0. The van der Waals surface area contributed by atoms with Gasteiger partial charge in [0.1, 0.15) is 0 Å². The quantitative estimate of drug-likeness (QED) is 0.551. The van der Waals surface area contributed by atoms with Gasteiger partial charge in [-0.15, -0.1) is 0 Å². The first-order chi connectivity index (χ1) is 6.70. The molecule has 0 heterocycles. The number of urea groups is 1. The molecule has 1 aromatic rings. The van der Waals surface area contributed by atoms with Crippen LogP contribution >= 0.6 is 0 Å². The molecule has 0 fully saturated rings. The van der Waals surface area contributed by atoms with Crippen LogP contribution < -0.4 is 11.2 Å². The van der Waals surface area contributed by atoms with Gasteiger partial charge in [0.25, 0.3) is 0 Å². The number of hydrazone groups is 1. The van der Waals surface area contributed by atoms with Gasteiger partial charge in [-0.05, 0) is 5.56 Å². The Bertz CT molecular complexity index is 321. The Hall–Kier alpha value is -1.84. The van der Waals surface area contributed by atoms with E-state index in [9.17, 15) is 4.79 Å². The molecule has 1 atom stereocenters. The van der Waals surface area contributed by atoms with Crippen molar-refractivity contribution < 1.29 is 4.79 Å². The van der Waals surface area contributed by atoms with Crippen molar-refractivity contribution in [1.29, 1.82) is 0 Å². The Labute approximate surface area is 82.8 Å². The van der Waals surface area contributed by atoms with E-state index in [4.69, 9.17) is 5.73 Å². The second-order valence-electron chi connectivity index (χ2n) is 2.95. The molecule has 0 saturated carbocycles. The number of amides is 2. The van der Waals surface area contributed by atoms with E-state index in [1.807, 2.05) is 37.3 Å². The van der Waals surface area contributed by atoms with Gasteiger partial charge in [-0.1, -0.05) is 37.3 Å². The largest absolute Gasteiger partial charge is 0.350 e. The minimum atomic E-state index is -0.651. The molecule has 4 heteroatoms. The van der Waals surface area contributed by atoms with Crippen LogP contribution in [-0.2, 0) is 0 Å². The lowest BCUT2D eigenvalue weighted by Gasteiger charge is -2.04. The summed E-state index contributed by atoms with van der Waals surface area (Å²) in [5.41, 5.74) is 8.15. The smallest absolute Gasteiger partial charge is 0.332 e. The molecule has 0 aliphatic rings. The summed E-state index contributed by atoms with van der Waals surface area (Å²) in [5, 5.41) is 3.70. The van der Waals surface area contributed by atoms with Crippen molar-refractivity contribution in [1.82, 2.24) is 5.43 Å². The first-order valence-electron chi connectivity index (χ1n) is 4.33. The van der Waals surface area contributed by atoms with E-state index in [0.717, 1.165) is 5.56 Å². The summed E-state index contributed by atoms with van der Waals surface area (Å²) < 4.78 is 0. The Kier molecular flexibility index (Phi) is 3.67. The summed E-state index contributed by atoms with van der Waals surface area (Å²) in [7, 11) is 0. The average molecular weight is 191 g/mol. The van der Waals surface area contributed by atoms with Crippen molar-refractivity contribution in [3.05, 3.63) is 35.9 Å². The van der Waals surface area contributed by atoms with Crippen molar-refractivity contribution >= 4 is 12.2 Å². The molecule has 0 radical (unpaired) electrons. The highest BCUT2D eigenvalue weighted by atomic mass is 16.2. The maximum atomic E-state index is 10.3. The van der Waals surface area contributed by atoms with Crippen molar-refractivity contribution in [3.63, 3.8) is 0 Å². The van der Waals surface area contributed by atoms with Crippen LogP contribution in [0.1, 0.15) is 18.4 Å². The molecule has 14 heavy (non-hydrogen) atoms. The standard InChI is InChI=1S/C10H13N3O/c1-8(7-12-13-10(11)14)9-5-3-2-4-6-9/h2-8H,1H3,(H3,11,13,14)/b12-7+. The zero-order chi connectivity index (χ0) is 10.4. The lowest BCUT2D eigenvalue weighted by atomic mass is 10.0. The Morgan fingerprint density at radius 2 is 2.14 bits per heavy atom. The highest BCUT2D eigenvalue weighted by molar-refractivity contribution is 5.74. The Balaban J connectivity index is 2.54. The van der Waals surface area contributed by atoms with E-state index in [2.05, 4.69) is 10.5 Å². The fourth-order valence-electron chi connectivity index (χ4n) is 1.06. The molecular weight excluding hydrogens is 178 g/mol. The summed E-state index contributed by atoms with van der Waals surface area (Å²) in [6, 6.07) is 9.22. The zero-order valence-electron chi connectivity index (χ0n) is 7.97. The van der Waals surface area contributed by atoms with E-state index >= 15 is 0 Å². The van der Waals surface area contributed by atoms with Crippen LogP contribution in [0.5, 0.6) is 0 Å². The molecule has 1 rings (SSSR count). The molecule has 2 amide bonds. The van der Waals surface area contributed by atoms with Gasteiger partial charge in [0.2, 0.25) is 0 Å². The topological polar surface area (TPSA) is 67.5 Å². The molecule has 0 bridgehead atoms. The van der Waals surface area contributed by atoms with Crippen LogP contribution in [0.15, 0.2) is 35.4 Å². The van der Waals surface area contributed by atoms with Gasteiger partial charge in [0.05, 0.1) is 0 Å². The first kappa shape index (κ1) is 10.2. The number of rotatable bonds is 3. The number of nitrogens with one attached hydrogen (secondary N) is 1. The lowest BCUT2D eigenvalue weighted by Crippen LogP contribution is -2.24. The molecule has 0 saturated heterocycles. The monoisotopic (exact) mass is 191 g/mol. The molecule has 1 aromatic carbocycles. The maximum absolute atomic E-state index is 10.3. The highest BCUT2D eigenvalue weighted by Crippen LogP contribution is 2.11. The van der Waals surface area contributed by atoms with Crippen molar-refractivity contribution in [2.45, 2.75) is 12.8 Å². The van der Waals surface area contributed by atoms with E-state index in [0.29, 0.717) is 0 Å². The number of primary amides is 1. The Morgan fingerprint density at radius 1 is 1.50 bits per heavy atom. The second kappa shape index (κ2) is 5.01. The summed E-state index contributed by atoms with van der Waals surface area (Å²) in [4.78, 5) is 10.3. The minimum absolute atomic E-state index is 0.156. The van der Waals surface area contributed by atoms with Crippen LogP contribution in [0.3, 0.4) is 0 Å². The molecule has 0 spiro atoms. The third kappa shape index (κ3) is 3.26. The van der Waals surface area contributed by atoms with Gasteiger partial charge >= 0.3 is 6.03 Å². The number of benzene rings is 1. The number of carbonyl (C=O) groups excluding carboxylic acids is 1. The number of hydrogen-bond donors (Lipinski definition) is 2. The van der Waals surface area contributed by atoms with Crippen molar-refractivity contribution in [3.8, 4) is 0 Å². The fraction of sp³-hybridized carbons (Fsp3) is 0.200. The predicted molar refractivity (Wildman–Crippen MR) is 56.1 cm³/mol. The van der Waals surface area contributed by atoms with Gasteiger partial charge in [-0.25, -0.2) is 10.2 Å². The predicted octanol–water partition coefficient (Wildman–Crippen LogP) is 1.44. The van der Waals surface area contributed by atoms with E-state index in [1.165, 1.54) is 0 Å². The van der Waals surface area contributed by atoms with E-state index in [-0.39, 0.29) is 5.92 Å². The highest BCUT2D eigenvalue weighted by Gasteiger charge is 1.99. The van der Waals surface area contributed by atoms with Crippen LogP contribution in [0.2, 0.25) is 0 Å². The third-order valence-electron chi connectivity index (χ3n) is 1.80. The van der Waals surface area contributed by atoms with Crippen molar-refractivity contribution in [2.75, 3.05) is 0 Å². The average Bonchev–Trinajstić information content (AvgIpc) is 2.18. The summed E-state index contributed by atoms with van der Waals surface area (Å²) in [6.45, 7) is 1.99. The number of nitrogens with two attached hydrogens (primary N) is 1. The van der Waals surface area contributed by atoms with E-state index < -0.39 is 6.03 Å². The van der Waals surface area contributed by atoms with E-state index in [1.54, 1.807) is 6.21 Å². The zero-order valence-corrected chi connectivity index (χ0v) is 7.97. The number of carbonyl (C=O) groups is 1. The van der Waals surface area contributed by atoms with Crippen LogP contribution in [0.4, 0.5) is 4.79 Å². The second-order valence-corrected chi connectivity index (χ2v) is 2.95. The van der Waals surface area contributed by atoms with Crippen LogP contribution in [-0.4, -0.2) is 12.2 Å². The van der Waals surface area contributed by atoms with Crippen LogP contribution in [0.25, 0.3) is 0 Å². The normalized spacial score (nSPS) is 12.6. The first-order valence-corrected chi connectivity index (χ1v) is 4.33. The Morgan fingerprint density at radius 3 is 2.71 bits per heavy atom. The third-order valence-corrected chi connectivity index (χ3v) is 1.80. The van der Waals surface area contributed by atoms with Gasteiger partial charge in [-0.3, -0.25) is 0 Å². The summed E-state index contributed by atoms with van der Waals surface area (Å²) in [5.74, 6) is 0.156. The SMILES string of the molecule is CC(/C=N/NC(N)=O)c1ccccc1. The molecular formula is C10H13N3O. The number of hydrogen-bond acceptors (Lipinski definition) is 2. The number of nitrogens with zero attached hydrogens (tertiary/aromatic N) is 1.